The van der Waals surface area contributed by atoms with Gasteiger partial charge in [-0.2, -0.15) is 0 Å². The fourth-order valence-electron chi connectivity index (χ4n) is 2.13. The van der Waals surface area contributed by atoms with Crippen molar-refractivity contribution in [3.05, 3.63) is 65.2 Å². The SMILES string of the molecule is CC(C)OC(=O)c1cc(O)ccc1C(=O)C(O)c1ccccc1. The van der Waals surface area contributed by atoms with Crippen LogP contribution in [-0.4, -0.2) is 28.1 Å². The summed E-state index contributed by atoms with van der Waals surface area (Å²) in [6.45, 7) is 3.36. The Morgan fingerprint density at radius 1 is 1.00 bits per heavy atom. The minimum absolute atomic E-state index is 0.00445. The molecular formula is C18H18O5. The number of aliphatic hydroxyl groups excluding tert-OH is 1. The summed E-state index contributed by atoms with van der Waals surface area (Å²) < 4.78 is 5.08. The zero-order chi connectivity index (χ0) is 17.0. The van der Waals surface area contributed by atoms with Crippen LogP contribution in [0.3, 0.4) is 0 Å². The van der Waals surface area contributed by atoms with E-state index in [0.717, 1.165) is 6.07 Å². The number of ketones is 1. The average Bonchev–Trinajstić information content (AvgIpc) is 2.53. The minimum atomic E-state index is -1.40. The van der Waals surface area contributed by atoms with Crippen LogP contribution in [0, 0.1) is 0 Å². The van der Waals surface area contributed by atoms with Gasteiger partial charge in [-0.1, -0.05) is 30.3 Å². The minimum Gasteiger partial charge on any atom is -0.508 e. The van der Waals surface area contributed by atoms with E-state index >= 15 is 0 Å². The Kier molecular flexibility index (Phi) is 5.13. The summed E-state index contributed by atoms with van der Waals surface area (Å²) in [5.41, 5.74) is 0.359. The van der Waals surface area contributed by atoms with E-state index in [9.17, 15) is 19.8 Å². The lowest BCUT2D eigenvalue weighted by Crippen LogP contribution is -2.19. The Labute approximate surface area is 134 Å². The number of esters is 1. The fraction of sp³-hybridized carbons (Fsp3) is 0.222. The smallest absolute Gasteiger partial charge is 0.339 e. The highest BCUT2D eigenvalue weighted by atomic mass is 16.5. The van der Waals surface area contributed by atoms with E-state index in [2.05, 4.69) is 0 Å². The maximum atomic E-state index is 12.5. The molecule has 5 nitrogen and oxygen atoms in total. The Balaban J connectivity index is 2.38. The van der Waals surface area contributed by atoms with Gasteiger partial charge >= 0.3 is 5.97 Å². The summed E-state index contributed by atoms with van der Waals surface area (Å²) >= 11 is 0. The molecule has 2 N–H and O–H groups in total. The normalized spacial score (nSPS) is 12.0. The molecule has 0 saturated heterocycles. The molecule has 0 saturated carbocycles. The second-order valence-electron chi connectivity index (χ2n) is 5.36. The summed E-state index contributed by atoms with van der Waals surface area (Å²) in [5.74, 6) is -1.52. The first-order valence-corrected chi connectivity index (χ1v) is 7.21. The first-order valence-electron chi connectivity index (χ1n) is 7.21. The number of rotatable bonds is 5. The van der Waals surface area contributed by atoms with Gasteiger partial charge in [0.1, 0.15) is 11.9 Å². The molecule has 2 rings (SSSR count). The zero-order valence-corrected chi connectivity index (χ0v) is 12.9. The molecule has 0 aliphatic heterocycles. The van der Waals surface area contributed by atoms with Crippen LogP contribution >= 0.6 is 0 Å². The van der Waals surface area contributed by atoms with Crippen molar-refractivity contribution in [3.63, 3.8) is 0 Å². The standard InChI is InChI=1S/C18H18O5/c1-11(2)23-18(22)15-10-13(19)8-9-14(15)17(21)16(20)12-6-4-3-5-7-12/h3-11,16,19-20H,1-2H3. The van der Waals surface area contributed by atoms with Gasteiger partial charge in [-0.25, -0.2) is 4.79 Å². The molecule has 1 atom stereocenters. The molecule has 2 aromatic rings. The van der Waals surface area contributed by atoms with Gasteiger partial charge in [0.05, 0.1) is 11.7 Å². The number of aromatic hydroxyl groups is 1. The Morgan fingerprint density at radius 3 is 2.26 bits per heavy atom. The largest absolute Gasteiger partial charge is 0.508 e. The third kappa shape index (κ3) is 3.96. The number of hydrogen-bond donors (Lipinski definition) is 2. The molecule has 0 aliphatic carbocycles. The van der Waals surface area contributed by atoms with Crippen molar-refractivity contribution in [2.75, 3.05) is 0 Å². The van der Waals surface area contributed by atoms with Gasteiger partial charge in [-0.05, 0) is 37.6 Å². The number of carbonyl (C=O) groups excluding carboxylic acids is 2. The Morgan fingerprint density at radius 2 is 1.65 bits per heavy atom. The zero-order valence-electron chi connectivity index (χ0n) is 12.9. The highest BCUT2D eigenvalue weighted by Crippen LogP contribution is 2.24. The average molecular weight is 314 g/mol. The fourth-order valence-corrected chi connectivity index (χ4v) is 2.13. The van der Waals surface area contributed by atoms with Crippen molar-refractivity contribution in [1.82, 2.24) is 0 Å². The van der Waals surface area contributed by atoms with Crippen molar-refractivity contribution in [2.24, 2.45) is 0 Å². The molecular weight excluding hydrogens is 296 g/mol. The lowest BCUT2D eigenvalue weighted by molar-refractivity contribution is 0.0373. The summed E-state index contributed by atoms with van der Waals surface area (Å²) in [7, 11) is 0. The van der Waals surface area contributed by atoms with Crippen molar-refractivity contribution in [3.8, 4) is 5.75 Å². The molecule has 0 fully saturated rings. The molecule has 0 heterocycles. The third-order valence-electron chi connectivity index (χ3n) is 3.19. The van der Waals surface area contributed by atoms with Gasteiger partial charge in [0, 0.05) is 5.56 Å². The van der Waals surface area contributed by atoms with Crippen molar-refractivity contribution >= 4 is 11.8 Å². The Bertz CT molecular complexity index is 707. The quantitative estimate of drug-likeness (QED) is 0.655. The summed E-state index contributed by atoms with van der Waals surface area (Å²) in [4.78, 5) is 24.7. The van der Waals surface area contributed by atoms with Gasteiger partial charge in [0.25, 0.3) is 0 Å². The second kappa shape index (κ2) is 7.07. The van der Waals surface area contributed by atoms with Crippen LogP contribution in [0.1, 0.15) is 46.2 Å². The van der Waals surface area contributed by atoms with E-state index in [1.54, 1.807) is 44.2 Å². The molecule has 0 radical (unpaired) electrons. The summed E-state index contributed by atoms with van der Waals surface area (Å²) in [5, 5.41) is 19.8. The molecule has 0 amide bonds. The maximum absolute atomic E-state index is 12.5. The van der Waals surface area contributed by atoms with Crippen molar-refractivity contribution < 1.29 is 24.5 Å². The number of ether oxygens (including phenoxy) is 1. The lowest BCUT2D eigenvalue weighted by Gasteiger charge is -2.14. The van der Waals surface area contributed by atoms with Crippen LogP contribution in [0.4, 0.5) is 0 Å². The maximum Gasteiger partial charge on any atom is 0.339 e. The lowest BCUT2D eigenvalue weighted by atomic mass is 9.96. The number of aliphatic hydroxyl groups is 1. The number of phenolic OH excluding ortho intramolecular Hbond substituents is 1. The van der Waals surface area contributed by atoms with Gasteiger partial charge in [0.2, 0.25) is 0 Å². The van der Waals surface area contributed by atoms with Crippen LogP contribution in [0.25, 0.3) is 0 Å². The molecule has 5 heteroatoms. The first-order chi connectivity index (χ1) is 10.9. The molecule has 0 aliphatic rings. The Hall–Kier alpha value is -2.66. The highest BCUT2D eigenvalue weighted by molar-refractivity contribution is 6.08. The van der Waals surface area contributed by atoms with E-state index in [-0.39, 0.29) is 23.0 Å². The first kappa shape index (κ1) is 16.7. The van der Waals surface area contributed by atoms with E-state index < -0.39 is 17.9 Å². The van der Waals surface area contributed by atoms with Gasteiger partial charge in [0.15, 0.2) is 5.78 Å². The third-order valence-corrected chi connectivity index (χ3v) is 3.19. The van der Waals surface area contributed by atoms with E-state index in [1.807, 2.05) is 0 Å². The molecule has 0 bridgehead atoms. The monoisotopic (exact) mass is 314 g/mol. The number of benzene rings is 2. The van der Waals surface area contributed by atoms with Gasteiger partial charge in [-0.3, -0.25) is 4.79 Å². The van der Waals surface area contributed by atoms with Crippen molar-refractivity contribution in [1.29, 1.82) is 0 Å². The summed E-state index contributed by atoms with van der Waals surface area (Å²) in [6, 6.07) is 12.2. The molecule has 23 heavy (non-hydrogen) atoms. The highest BCUT2D eigenvalue weighted by Gasteiger charge is 2.25. The van der Waals surface area contributed by atoms with Gasteiger partial charge < -0.3 is 14.9 Å². The van der Waals surface area contributed by atoms with E-state index in [1.165, 1.54) is 12.1 Å². The van der Waals surface area contributed by atoms with Crippen LogP contribution in [-0.2, 0) is 4.74 Å². The molecule has 1 unspecified atom stereocenters. The second-order valence-corrected chi connectivity index (χ2v) is 5.36. The summed E-state index contributed by atoms with van der Waals surface area (Å²) in [6.07, 6.45) is -1.77. The molecule has 120 valence electrons. The number of hydrogen-bond acceptors (Lipinski definition) is 5. The van der Waals surface area contributed by atoms with Crippen LogP contribution in [0.5, 0.6) is 5.75 Å². The van der Waals surface area contributed by atoms with E-state index in [0.29, 0.717) is 5.56 Å². The predicted molar refractivity (Wildman–Crippen MR) is 84.4 cm³/mol. The van der Waals surface area contributed by atoms with Crippen LogP contribution in [0.15, 0.2) is 48.5 Å². The number of carbonyl (C=O) groups is 2. The van der Waals surface area contributed by atoms with Crippen LogP contribution < -0.4 is 0 Å². The van der Waals surface area contributed by atoms with Crippen molar-refractivity contribution in [2.45, 2.75) is 26.1 Å². The number of Topliss-reactive ketones (excluding diaryl/α,β-unsaturated/α-hetero) is 1. The topological polar surface area (TPSA) is 83.8 Å². The molecule has 0 spiro atoms. The van der Waals surface area contributed by atoms with Gasteiger partial charge in [-0.15, -0.1) is 0 Å². The predicted octanol–water partition coefficient (Wildman–Crippen LogP) is 2.87. The molecule has 2 aromatic carbocycles. The van der Waals surface area contributed by atoms with Crippen LogP contribution in [0.2, 0.25) is 0 Å². The van der Waals surface area contributed by atoms with E-state index in [4.69, 9.17) is 4.74 Å². The molecule has 0 aromatic heterocycles. The number of phenols is 1.